The first kappa shape index (κ1) is 23.0. The highest BCUT2D eigenvalue weighted by molar-refractivity contribution is 7.92. The maximum Gasteiger partial charge on any atom is 0.262 e. The van der Waals surface area contributed by atoms with Crippen molar-refractivity contribution in [3.63, 3.8) is 0 Å². The van der Waals surface area contributed by atoms with Crippen LogP contribution in [0.15, 0.2) is 71.9 Å². The van der Waals surface area contributed by atoms with Gasteiger partial charge in [-0.1, -0.05) is 17.7 Å². The Balaban J connectivity index is 1.69. The number of amides is 2. The molecule has 0 bridgehead atoms. The number of nitrogens with zero attached hydrogens (tertiary/aromatic N) is 1. The van der Waals surface area contributed by atoms with E-state index in [0.717, 1.165) is 0 Å². The van der Waals surface area contributed by atoms with Gasteiger partial charge in [0.15, 0.2) is 0 Å². The van der Waals surface area contributed by atoms with Crippen LogP contribution in [0.3, 0.4) is 0 Å². The lowest BCUT2D eigenvalue weighted by molar-refractivity contribution is -0.115. The Labute approximate surface area is 189 Å². The van der Waals surface area contributed by atoms with Crippen molar-refractivity contribution < 1.29 is 22.7 Å². The van der Waals surface area contributed by atoms with Crippen LogP contribution < -0.4 is 20.1 Å². The lowest BCUT2D eigenvalue weighted by Gasteiger charge is -2.13. The number of carbonyl (C=O) groups excluding carboxylic acids is 2. The largest absolute Gasteiger partial charge is 0.495 e. The minimum absolute atomic E-state index is 0.0695. The summed E-state index contributed by atoms with van der Waals surface area (Å²) in [5.74, 6) is -0.778. The van der Waals surface area contributed by atoms with Gasteiger partial charge in [-0.2, -0.15) is 0 Å². The normalized spacial score (nSPS) is 10.8. The molecule has 32 heavy (non-hydrogen) atoms. The molecule has 0 aliphatic rings. The number of anilines is 2. The summed E-state index contributed by atoms with van der Waals surface area (Å²) < 4.78 is 33.2. The van der Waals surface area contributed by atoms with Gasteiger partial charge < -0.3 is 15.4 Å². The number of ether oxygens (including phenoxy) is 1. The maximum absolute atomic E-state index is 12.8. The highest BCUT2D eigenvalue weighted by atomic mass is 35.5. The van der Waals surface area contributed by atoms with E-state index in [4.69, 9.17) is 16.3 Å². The van der Waals surface area contributed by atoms with Crippen molar-refractivity contribution in [3.8, 4) is 5.75 Å². The highest BCUT2D eigenvalue weighted by Crippen LogP contribution is 2.29. The molecule has 3 aromatic rings. The Morgan fingerprint density at radius 3 is 2.62 bits per heavy atom. The van der Waals surface area contributed by atoms with E-state index in [2.05, 4.69) is 20.3 Å². The van der Waals surface area contributed by atoms with Crippen LogP contribution in [0.2, 0.25) is 5.02 Å². The molecule has 3 rings (SSSR count). The van der Waals surface area contributed by atoms with E-state index in [9.17, 15) is 18.0 Å². The van der Waals surface area contributed by atoms with E-state index in [0.29, 0.717) is 10.7 Å². The number of pyridine rings is 1. The molecule has 1 heterocycles. The van der Waals surface area contributed by atoms with Crippen molar-refractivity contribution in [2.45, 2.75) is 4.90 Å². The van der Waals surface area contributed by atoms with Crippen LogP contribution in [0.25, 0.3) is 0 Å². The Hall–Kier alpha value is -3.63. The zero-order valence-corrected chi connectivity index (χ0v) is 18.4. The number of nitrogens with one attached hydrogen (secondary N) is 3. The van der Waals surface area contributed by atoms with Crippen LogP contribution in [0.5, 0.6) is 5.75 Å². The zero-order valence-electron chi connectivity index (χ0n) is 16.8. The lowest BCUT2D eigenvalue weighted by atomic mass is 10.2. The Morgan fingerprint density at radius 1 is 1.09 bits per heavy atom. The number of rotatable bonds is 8. The summed E-state index contributed by atoms with van der Waals surface area (Å²) in [5, 5.41) is 5.35. The molecule has 9 nitrogen and oxygen atoms in total. The molecule has 0 unspecified atom stereocenters. The molecule has 0 aliphatic heterocycles. The molecule has 0 radical (unpaired) electrons. The standard InChI is InChI=1S/C21H19ClN4O5S/c1-31-19-8-7-15(22)11-18(19)26-32(29,30)17-6-2-4-14(10-17)21(28)24-13-20(27)25-16-5-3-9-23-12-16/h2-12,26H,13H2,1H3,(H,24,28)(H,25,27). The molecule has 0 aliphatic carbocycles. The van der Waals surface area contributed by atoms with Crippen LogP contribution >= 0.6 is 11.6 Å². The highest BCUT2D eigenvalue weighted by Gasteiger charge is 2.19. The van der Waals surface area contributed by atoms with Crippen LogP contribution in [0.1, 0.15) is 10.4 Å². The summed E-state index contributed by atoms with van der Waals surface area (Å²) in [6.45, 7) is -0.303. The molecule has 0 spiro atoms. The van der Waals surface area contributed by atoms with E-state index >= 15 is 0 Å². The zero-order chi connectivity index (χ0) is 23.1. The SMILES string of the molecule is COc1ccc(Cl)cc1NS(=O)(=O)c1cccc(C(=O)NCC(=O)Nc2cccnc2)c1. The van der Waals surface area contributed by atoms with E-state index in [-0.39, 0.29) is 28.4 Å². The van der Waals surface area contributed by atoms with Crippen molar-refractivity contribution in [2.75, 3.05) is 23.7 Å². The van der Waals surface area contributed by atoms with Gasteiger partial charge in [0.05, 0.1) is 36.1 Å². The van der Waals surface area contributed by atoms with Crippen molar-refractivity contribution in [1.82, 2.24) is 10.3 Å². The molecular weight excluding hydrogens is 456 g/mol. The van der Waals surface area contributed by atoms with Gasteiger partial charge in [0.1, 0.15) is 5.75 Å². The van der Waals surface area contributed by atoms with Gasteiger partial charge in [0.2, 0.25) is 5.91 Å². The molecule has 0 fully saturated rings. The lowest BCUT2D eigenvalue weighted by Crippen LogP contribution is -2.33. The summed E-state index contributed by atoms with van der Waals surface area (Å²) in [6.07, 6.45) is 3.03. The third kappa shape index (κ3) is 5.96. The van der Waals surface area contributed by atoms with E-state index in [1.54, 1.807) is 24.4 Å². The predicted octanol–water partition coefficient (Wildman–Crippen LogP) is 2.91. The molecule has 1 aromatic heterocycles. The second-order valence-corrected chi connectivity index (χ2v) is 8.57. The van der Waals surface area contributed by atoms with Crippen molar-refractivity contribution >= 4 is 44.8 Å². The van der Waals surface area contributed by atoms with Gasteiger partial charge in [-0.05, 0) is 48.5 Å². The average molecular weight is 475 g/mol. The Morgan fingerprint density at radius 2 is 1.91 bits per heavy atom. The fraction of sp³-hybridized carbons (Fsp3) is 0.0952. The van der Waals surface area contributed by atoms with Crippen LogP contribution in [0, 0.1) is 0 Å². The number of hydrogen-bond donors (Lipinski definition) is 3. The van der Waals surface area contributed by atoms with Crippen LogP contribution in [-0.4, -0.2) is 38.9 Å². The van der Waals surface area contributed by atoms with Gasteiger partial charge in [-0.25, -0.2) is 8.42 Å². The molecule has 166 valence electrons. The second kappa shape index (κ2) is 10.1. The minimum Gasteiger partial charge on any atom is -0.495 e. The van der Waals surface area contributed by atoms with Crippen molar-refractivity contribution in [3.05, 3.63) is 77.6 Å². The fourth-order valence-electron chi connectivity index (χ4n) is 2.67. The molecule has 2 amide bonds. The van der Waals surface area contributed by atoms with Crippen LogP contribution in [0.4, 0.5) is 11.4 Å². The van der Waals surface area contributed by atoms with E-state index in [1.165, 1.54) is 49.7 Å². The molecule has 0 saturated heterocycles. The third-order valence-electron chi connectivity index (χ3n) is 4.17. The van der Waals surface area contributed by atoms with Gasteiger partial charge in [-0.3, -0.25) is 19.3 Å². The molecular formula is C21H19ClN4O5S. The van der Waals surface area contributed by atoms with Crippen molar-refractivity contribution in [1.29, 1.82) is 0 Å². The monoisotopic (exact) mass is 474 g/mol. The average Bonchev–Trinajstić information content (AvgIpc) is 2.78. The number of benzene rings is 2. The number of methoxy groups -OCH3 is 1. The number of sulfonamides is 1. The first-order valence-electron chi connectivity index (χ1n) is 9.23. The molecule has 0 atom stereocenters. The first-order chi connectivity index (χ1) is 15.3. The maximum atomic E-state index is 12.8. The Kier molecular flexibility index (Phi) is 7.29. The van der Waals surface area contributed by atoms with Gasteiger partial charge in [-0.15, -0.1) is 0 Å². The Bertz CT molecular complexity index is 1240. The predicted molar refractivity (Wildman–Crippen MR) is 120 cm³/mol. The summed E-state index contributed by atoms with van der Waals surface area (Å²) >= 11 is 5.95. The minimum atomic E-state index is -4.05. The summed E-state index contributed by atoms with van der Waals surface area (Å²) in [4.78, 5) is 28.1. The number of halogens is 1. The van der Waals surface area contributed by atoms with Gasteiger partial charge in [0.25, 0.3) is 15.9 Å². The number of hydrogen-bond acceptors (Lipinski definition) is 6. The van der Waals surface area contributed by atoms with Gasteiger partial charge in [0, 0.05) is 16.8 Å². The molecule has 11 heteroatoms. The number of aromatic nitrogens is 1. The van der Waals surface area contributed by atoms with Crippen molar-refractivity contribution in [2.24, 2.45) is 0 Å². The molecule has 0 saturated carbocycles. The van der Waals surface area contributed by atoms with Crippen LogP contribution in [-0.2, 0) is 14.8 Å². The quantitative estimate of drug-likeness (QED) is 0.460. The summed E-state index contributed by atoms with van der Waals surface area (Å²) in [6, 6.07) is 13.2. The van der Waals surface area contributed by atoms with E-state index < -0.39 is 21.8 Å². The number of carbonyl (C=O) groups is 2. The van der Waals surface area contributed by atoms with E-state index in [1.807, 2.05) is 0 Å². The topological polar surface area (TPSA) is 126 Å². The molecule has 2 aromatic carbocycles. The van der Waals surface area contributed by atoms with Gasteiger partial charge >= 0.3 is 0 Å². The fourth-order valence-corrected chi connectivity index (χ4v) is 3.95. The smallest absolute Gasteiger partial charge is 0.262 e. The second-order valence-electron chi connectivity index (χ2n) is 6.45. The molecule has 3 N–H and O–H groups in total. The first-order valence-corrected chi connectivity index (χ1v) is 11.1. The third-order valence-corrected chi connectivity index (χ3v) is 5.77. The summed E-state index contributed by atoms with van der Waals surface area (Å²) in [7, 11) is -2.65. The summed E-state index contributed by atoms with van der Waals surface area (Å²) in [5.41, 5.74) is 0.712.